The molecule has 1 saturated heterocycles. The van der Waals surface area contributed by atoms with E-state index in [1.54, 1.807) is 0 Å². The fourth-order valence-corrected chi connectivity index (χ4v) is 2.84. The highest BCUT2D eigenvalue weighted by molar-refractivity contribution is 6.31. The number of aliphatic imine (C=N–C) groups is 1. The predicted molar refractivity (Wildman–Crippen MR) is 108 cm³/mol. The van der Waals surface area contributed by atoms with E-state index in [1.165, 1.54) is 17.7 Å². The summed E-state index contributed by atoms with van der Waals surface area (Å²) < 4.78 is 0. The first-order valence-electron chi connectivity index (χ1n) is 8.86. The van der Waals surface area contributed by atoms with Crippen LogP contribution in [0.1, 0.15) is 46.6 Å². The molecule has 0 aliphatic carbocycles. The third kappa shape index (κ3) is 4.41. The predicted octanol–water partition coefficient (Wildman–Crippen LogP) is 5.34. The lowest BCUT2D eigenvalue weighted by atomic mass is 9.97. The maximum Gasteiger partial charge on any atom is 0.134 e. The zero-order chi connectivity index (χ0) is 18.1. The van der Waals surface area contributed by atoms with Gasteiger partial charge in [0.25, 0.3) is 0 Å². The number of likely N-dealkylation sites (tertiary alicyclic amines) is 1. The van der Waals surface area contributed by atoms with E-state index >= 15 is 0 Å². The van der Waals surface area contributed by atoms with Crippen LogP contribution < -0.4 is 5.32 Å². The first-order valence-corrected chi connectivity index (χ1v) is 9.24. The number of hydrogen-bond acceptors (Lipinski definition) is 2. The molecule has 0 amide bonds. The summed E-state index contributed by atoms with van der Waals surface area (Å²) in [7, 11) is 1.82. The summed E-state index contributed by atoms with van der Waals surface area (Å²) in [5, 5.41) is 4.02. The van der Waals surface area contributed by atoms with Gasteiger partial charge in [0.2, 0.25) is 0 Å². The zero-order valence-electron chi connectivity index (χ0n) is 15.8. The summed E-state index contributed by atoms with van der Waals surface area (Å²) in [5.74, 6) is 0.935. The minimum absolute atomic E-state index is 0.756. The SMILES string of the molecule is CC.CC.CN=C1NC=C(c2cccc(Cl)c2)/C1=C(/C)N1CCC1. The minimum Gasteiger partial charge on any atom is -0.374 e. The molecule has 132 valence electrons. The number of benzene rings is 1. The van der Waals surface area contributed by atoms with Gasteiger partial charge in [-0.1, -0.05) is 51.4 Å². The van der Waals surface area contributed by atoms with E-state index in [0.717, 1.165) is 35.1 Å². The highest BCUT2D eigenvalue weighted by atomic mass is 35.5. The van der Waals surface area contributed by atoms with E-state index in [4.69, 9.17) is 11.6 Å². The summed E-state index contributed by atoms with van der Waals surface area (Å²) in [5.41, 5.74) is 4.76. The van der Waals surface area contributed by atoms with Crippen molar-refractivity contribution in [3.8, 4) is 0 Å². The van der Waals surface area contributed by atoms with E-state index in [2.05, 4.69) is 28.2 Å². The Bertz CT molecular complexity index is 626. The minimum atomic E-state index is 0.756. The van der Waals surface area contributed by atoms with E-state index in [-0.39, 0.29) is 0 Å². The number of halogens is 1. The van der Waals surface area contributed by atoms with Gasteiger partial charge in [-0.05, 0) is 31.0 Å². The van der Waals surface area contributed by atoms with Crippen molar-refractivity contribution >= 4 is 23.0 Å². The van der Waals surface area contributed by atoms with Crippen molar-refractivity contribution in [1.82, 2.24) is 10.2 Å². The first kappa shape index (κ1) is 20.3. The van der Waals surface area contributed by atoms with Gasteiger partial charge in [0.1, 0.15) is 5.84 Å². The summed E-state index contributed by atoms with van der Waals surface area (Å²) in [6, 6.07) is 7.96. The van der Waals surface area contributed by atoms with Crippen LogP contribution in [0.15, 0.2) is 46.7 Å². The number of hydrogen-bond donors (Lipinski definition) is 1. The van der Waals surface area contributed by atoms with Crippen LogP contribution in [0, 0.1) is 0 Å². The van der Waals surface area contributed by atoms with Crippen LogP contribution in [-0.4, -0.2) is 30.9 Å². The largest absolute Gasteiger partial charge is 0.374 e. The molecule has 0 saturated carbocycles. The molecule has 0 spiro atoms. The van der Waals surface area contributed by atoms with Crippen LogP contribution in [-0.2, 0) is 0 Å². The smallest absolute Gasteiger partial charge is 0.134 e. The van der Waals surface area contributed by atoms with Gasteiger partial charge >= 0.3 is 0 Å². The number of rotatable bonds is 2. The second-order valence-corrected chi connectivity index (χ2v) is 5.52. The molecule has 0 atom stereocenters. The molecule has 1 fully saturated rings. The van der Waals surface area contributed by atoms with E-state index in [0.29, 0.717) is 0 Å². The third-order valence-corrected chi connectivity index (χ3v) is 4.15. The Balaban J connectivity index is 0.000000671. The van der Waals surface area contributed by atoms with Crippen molar-refractivity contribution in [2.45, 2.75) is 41.0 Å². The molecule has 2 aliphatic rings. The lowest BCUT2D eigenvalue weighted by Gasteiger charge is -2.35. The van der Waals surface area contributed by atoms with Crippen LogP contribution in [0.4, 0.5) is 0 Å². The van der Waals surface area contributed by atoms with Gasteiger partial charge in [-0.25, -0.2) is 0 Å². The van der Waals surface area contributed by atoms with Gasteiger partial charge in [-0.15, -0.1) is 0 Å². The monoisotopic (exact) mass is 347 g/mol. The van der Waals surface area contributed by atoms with Crippen molar-refractivity contribution < 1.29 is 0 Å². The highest BCUT2D eigenvalue weighted by Crippen LogP contribution is 2.33. The molecular weight excluding hydrogens is 318 g/mol. The number of amidine groups is 1. The van der Waals surface area contributed by atoms with Gasteiger partial charge in [-0.2, -0.15) is 0 Å². The van der Waals surface area contributed by atoms with E-state index in [1.807, 2.05) is 59.1 Å². The molecule has 1 aromatic rings. The third-order valence-electron chi connectivity index (χ3n) is 3.91. The zero-order valence-corrected chi connectivity index (χ0v) is 16.5. The molecule has 3 nitrogen and oxygen atoms in total. The van der Waals surface area contributed by atoms with E-state index in [9.17, 15) is 0 Å². The first-order chi connectivity index (χ1) is 11.7. The molecule has 0 unspecified atom stereocenters. The molecule has 24 heavy (non-hydrogen) atoms. The van der Waals surface area contributed by atoms with Gasteiger partial charge in [0, 0.05) is 48.2 Å². The summed E-state index contributed by atoms with van der Waals surface area (Å²) in [4.78, 5) is 6.76. The number of nitrogens with zero attached hydrogens (tertiary/aromatic N) is 2. The molecule has 4 heteroatoms. The normalized spacial score (nSPS) is 19.2. The Morgan fingerprint density at radius 2 is 1.83 bits per heavy atom. The van der Waals surface area contributed by atoms with Crippen molar-refractivity contribution in [2.24, 2.45) is 4.99 Å². The van der Waals surface area contributed by atoms with Gasteiger partial charge in [0.05, 0.1) is 0 Å². The van der Waals surface area contributed by atoms with Crippen LogP contribution in [0.5, 0.6) is 0 Å². The van der Waals surface area contributed by atoms with Gasteiger partial charge < -0.3 is 10.2 Å². The standard InChI is InChI=1S/C16H18ClN3.2C2H6/c1-11(20-7-4-8-20)15-14(10-19-16(15)18-2)12-5-3-6-13(17)9-12;2*1-2/h3,5-6,9-10H,4,7-8H2,1-2H3,(H,18,19);2*1-2H3/b15-11+;;. The fraction of sp³-hybridized carbons (Fsp3) is 0.450. The van der Waals surface area contributed by atoms with Crippen molar-refractivity contribution in [1.29, 1.82) is 0 Å². The van der Waals surface area contributed by atoms with Crippen LogP contribution in [0.25, 0.3) is 5.57 Å². The summed E-state index contributed by atoms with van der Waals surface area (Å²) in [6.45, 7) is 12.4. The molecule has 0 radical (unpaired) electrons. The molecule has 2 aliphatic heterocycles. The van der Waals surface area contributed by atoms with Crippen molar-refractivity contribution in [3.05, 3.63) is 52.3 Å². The quantitative estimate of drug-likeness (QED) is 0.781. The molecule has 1 aromatic carbocycles. The number of nitrogens with one attached hydrogen (secondary N) is 1. The highest BCUT2D eigenvalue weighted by Gasteiger charge is 2.26. The van der Waals surface area contributed by atoms with E-state index < -0.39 is 0 Å². The van der Waals surface area contributed by atoms with Crippen LogP contribution in [0.2, 0.25) is 5.02 Å². The maximum absolute atomic E-state index is 6.12. The van der Waals surface area contributed by atoms with Gasteiger partial charge in [-0.3, -0.25) is 4.99 Å². The summed E-state index contributed by atoms with van der Waals surface area (Å²) in [6.07, 6.45) is 3.29. The van der Waals surface area contributed by atoms with Crippen molar-refractivity contribution in [2.75, 3.05) is 20.1 Å². The molecule has 2 heterocycles. The molecule has 0 bridgehead atoms. The Kier molecular flexibility index (Phi) is 8.62. The average molecular weight is 348 g/mol. The Labute approximate surface area is 152 Å². The fourth-order valence-electron chi connectivity index (χ4n) is 2.65. The van der Waals surface area contributed by atoms with Crippen LogP contribution in [0.3, 0.4) is 0 Å². The molecule has 1 N–H and O–H groups in total. The molecule has 0 aromatic heterocycles. The second-order valence-electron chi connectivity index (χ2n) is 5.09. The maximum atomic E-state index is 6.12. The summed E-state index contributed by atoms with van der Waals surface area (Å²) >= 11 is 6.12. The molecular formula is C20H30ClN3. The Morgan fingerprint density at radius 1 is 1.17 bits per heavy atom. The van der Waals surface area contributed by atoms with Crippen molar-refractivity contribution in [3.63, 3.8) is 0 Å². The second kappa shape index (κ2) is 10.2. The topological polar surface area (TPSA) is 27.6 Å². The van der Waals surface area contributed by atoms with Gasteiger partial charge in [0.15, 0.2) is 0 Å². The molecule has 3 rings (SSSR count). The Morgan fingerprint density at radius 3 is 2.33 bits per heavy atom. The Hall–Kier alpha value is -1.74. The lowest BCUT2D eigenvalue weighted by Crippen LogP contribution is -2.36. The lowest BCUT2D eigenvalue weighted by molar-refractivity contribution is 0.238. The van der Waals surface area contributed by atoms with Crippen LogP contribution >= 0.6 is 11.6 Å². The number of allylic oxidation sites excluding steroid dienone is 1. The average Bonchev–Trinajstić information content (AvgIpc) is 3.01.